The number of rotatable bonds is 3. The van der Waals surface area contributed by atoms with Gasteiger partial charge in [-0.1, -0.05) is 0 Å². The molecule has 0 bridgehead atoms. The summed E-state index contributed by atoms with van der Waals surface area (Å²) in [6, 6.07) is 0. The molecule has 0 amide bonds. The molecule has 5 heteroatoms. The molecule has 1 aliphatic rings. The summed E-state index contributed by atoms with van der Waals surface area (Å²) < 4.78 is 27.4. The van der Waals surface area contributed by atoms with Crippen LogP contribution in [-0.4, -0.2) is 22.9 Å². The van der Waals surface area contributed by atoms with Crippen molar-refractivity contribution in [1.29, 1.82) is 0 Å². The van der Waals surface area contributed by atoms with Gasteiger partial charge in [0, 0.05) is 19.7 Å². The Bertz CT molecular complexity index is 324. The number of aromatic nitrogens is 2. The van der Waals surface area contributed by atoms with E-state index in [0.29, 0.717) is 5.92 Å². The number of halogens is 2. The van der Waals surface area contributed by atoms with Crippen molar-refractivity contribution in [2.45, 2.75) is 25.8 Å². The number of nitrogens with zero attached hydrogens (tertiary/aromatic N) is 2. The number of hydrogen-bond acceptors (Lipinski definition) is 2. The summed E-state index contributed by atoms with van der Waals surface area (Å²) >= 11 is 0. The first-order valence-electron chi connectivity index (χ1n) is 5.17. The van der Waals surface area contributed by atoms with Crippen LogP contribution >= 0.6 is 0 Å². The smallest absolute Gasteiger partial charge is 0.273 e. The van der Waals surface area contributed by atoms with E-state index in [9.17, 15) is 8.78 Å². The second kappa shape index (κ2) is 3.89. The number of nitrogens with one attached hydrogen (secondary N) is 1. The Labute approximate surface area is 87.5 Å². The van der Waals surface area contributed by atoms with Crippen molar-refractivity contribution in [3.63, 3.8) is 0 Å². The topological polar surface area (TPSA) is 29.9 Å². The van der Waals surface area contributed by atoms with Gasteiger partial charge in [0.2, 0.25) is 0 Å². The molecule has 15 heavy (non-hydrogen) atoms. The zero-order valence-electron chi connectivity index (χ0n) is 8.71. The average molecular weight is 215 g/mol. The third-order valence-electron chi connectivity index (χ3n) is 2.75. The lowest BCUT2D eigenvalue weighted by Crippen LogP contribution is -2.14. The lowest BCUT2D eigenvalue weighted by Gasteiger charge is -2.08. The highest BCUT2D eigenvalue weighted by molar-refractivity contribution is 5.10. The molecule has 84 valence electrons. The fourth-order valence-corrected chi connectivity index (χ4v) is 1.82. The van der Waals surface area contributed by atoms with Crippen LogP contribution in [0.25, 0.3) is 0 Å². The van der Waals surface area contributed by atoms with Crippen LogP contribution in [0.4, 0.5) is 8.78 Å². The summed E-state index contributed by atoms with van der Waals surface area (Å²) in [5.41, 5.74) is -0.00606. The van der Waals surface area contributed by atoms with E-state index in [1.54, 1.807) is 4.68 Å². The number of hydrogen-bond donors (Lipinski definition) is 1. The Kier molecular flexibility index (Phi) is 2.73. The minimum absolute atomic E-state index is 0.00606. The van der Waals surface area contributed by atoms with Crippen LogP contribution in [0.2, 0.25) is 0 Å². The van der Waals surface area contributed by atoms with Crippen LogP contribution in [0, 0.1) is 5.92 Å². The van der Waals surface area contributed by atoms with Gasteiger partial charge in [0.15, 0.2) is 0 Å². The minimum atomic E-state index is -2.79. The Balaban J connectivity index is 2.00. The van der Waals surface area contributed by atoms with Gasteiger partial charge in [0.05, 0.1) is 11.8 Å². The van der Waals surface area contributed by atoms with E-state index in [1.165, 1.54) is 12.4 Å². The van der Waals surface area contributed by atoms with Crippen molar-refractivity contribution in [1.82, 2.24) is 15.1 Å². The van der Waals surface area contributed by atoms with Crippen molar-refractivity contribution < 1.29 is 8.78 Å². The van der Waals surface area contributed by atoms with Gasteiger partial charge in [0.25, 0.3) is 5.92 Å². The molecule has 1 fully saturated rings. The molecular weight excluding hydrogens is 200 g/mol. The van der Waals surface area contributed by atoms with Crippen LogP contribution in [0.1, 0.15) is 18.9 Å². The molecule has 2 heterocycles. The Hall–Kier alpha value is -0.970. The molecule has 1 aliphatic heterocycles. The maximum Gasteiger partial charge on any atom is 0.273 e. The van der Waals surface area contributed by atoms with E-state index in [2.05, 4.69) is 10.4 Å². The monoisotopic (exact) mass is 215 g/mol. The highest BCUT2D eigenvalue weighted by Crippen LogP contribution is 2.26. The fraction of sp³-hybridized carbons (Fsp3) is 0.700. The highest BCUT2D eigenvalue weighted by Gasteiger charge is 2.26. The third kappa shape index (κ3) is 2.53. The molecule has 1 N–H and O–H groups in total. The second-order valence-electron chi connectivity index (χ2n) is 4.20. The Morgan fingerprint density at radius 1 is 1.67 bits per heavy atom. The van der Waals surface area contributed by atoms with Crippen LogP contribution in [0.15, 0.2) is 12.4 Å². The van der Waals surface area contributed by atoms with Crippen molar-refractivity contribution in [2.75, 3.05) is 13.1 Å². The van der Waals surface area contributed by atoms with E-state index < -0.39 is 5.92 Å². The largest absolute Gasteiger partial charge is 0.316 e. The SMILES string of the molecule is CC(F)(F)c1cnn(CC2CCNC2)c1. The molecule has 0 saturated carbocycles. The standard InChI is InChI=1S/C10H15F2N3/c1-10(11,12)9-5-14-15(7-9)6-8-2-3-13-4-8/h5,7-8,13H,2-4,6H2,1H3. The van der Waals surface area contributed by atoms with Crippen molar-refractivity contribution in [3.8, 4) is 0 Å². The predicted octanol–water partition coefficient (Wildman–Crippen LogP) is 1.60. The summed E-state index contributed by atoms with van der Waals surface area (Å²) in [4.78, 5) is 0. The lowest BCUT2D eigenvalue weighted by atomic mass is 10.1. The summed E-state index contributed by atoms with van der Waals surface area (Å²) in [5.74, 6) is -2.27. The fourth-order valence-electron chi connectivity index (χ4n) is 1.82. The Morgan fingerprint density at radius 2 is 2.47 bits per heavy atom. The lowest BCUT2D eigenvalue weighted by molar-refractivity contribution is 0.0173. The average Bonchev–Trinajstić information content (AvgIpc) is 2.73. The van der Waals surface area contributed by atoms with E-state index in [-0.39, 0.29) is 5.56 Å². The molecule has 0 aromatic carbocycles. The molecule has 2 rings (SSSR count). The van der Waals surface area contributed by atoms with Gasteiger partial charge in [-0.05, 0) is 25.4 Å². The zero-order chi connectivity index (χ0) is 10.9. The summed E-state index contributed by atoms with van der Waals surface area (Å²) in [7, 11) is 0. The molecule has 1 aromatic heterocycles. The van der Waals surface area contributed by atoms with Gasteiger partial charge < -0.3 is 5.32 Å². The third-order valence-corrected chi connectivity index (χ3v) is 2.75. The summed E-state index contributed by atoms with van der Waals surface area (Å²) in [6.07, 6.45) is 3.79. The van der Waals surface area contributed by atoms with Crippen LogP contribution in [0.5, 0.6) is 0 Å². The summed E-state index contributed by atoms with van der Waals surface area (Å²) in [6.45, 7) is 3.59. The maximum atomic E-state index is 12.9. The van der Waals surface area contributed by atoms with Gasteiger partial charge in [-0.15, -0.1) is 0 Å². The summed E-state index contributed by atoms with van der Waals surface area (Å²) in [5, 5.41) is 7.20. The molecule has 3 nitrogen and oxygen atoms in total. The molecule has 1 unspecified atom stereocenters. The molecule has 1 saturated heterocycles. The molecule has 0 spiro atoms. The van der Waals surface area contributed by atoms with Gasteiger partial charge >= 0.3 is 0 Å². The first kappa shape index (κ1) is 10.5. The van der Waals surface area contributed by atoms with E-state index in [4.69, 9.17) is 0 Å². The van der Waals surface area contributed by atoms with E-state index in [1.807, 2.05) is 0 Å². The van der Waals surface area contributed by atoms with Gasteiger partial charge in [-0.3, -0.25) is 4.68 Å². The van der Waals surface area contributed by atoms with E-state index >= 15 is 0 Å². The van der Waals surface area contributed by atoms with E-state index in [0.717, 1.165) is 33.0 Å². The first-order valence-corrected chi connectivity index (χ1v) is 5.17. The zero-order valence-corrected chi connectivity index (χ0v) is 8.71. The van der Waals surface area contributed by atoms with Crippen LogP contribution in [-0.2, 0) is 12.5 Å². The normalized spacial score (nSPS) is 22.2. The minimum Gasteiger partial charge on any atom is -0.316 e. The molecule has 0 radical (unpaired) electrons. The van der Waals surface area contributed by atoms with Crippen molar-refractivity contribution in [2.24, 2.45) is 5.92 Å². The first-order chi connectivity index (χ1) is 7.05. The molecule has 1 aromatic rings. The molecule has 0 aliphatic carbocycles. The quantitative estimate of drug-likeness (QED) is 0.830. The predicted molar refractivity (Wildman–Crippen MR) is 52.8 cm³/mol. The molecule has 1 atom stereocenters. The van der Waals surface area contributed by atoms with Crippen LogP contribution in [0.3, 0.4) is 0 Å². The highest BCUT2D eigenvalue weighted by atomic mass is 19.3. The van der Waals surface area contributed by atoms with Crippen molar-refractivity contribution >= 4 is 0 Å². The second-order valence-corrected chi connectivity index (χ2v) is 4.20. The van der Waals surface area contributed by atoms with Gasteiger partial charge in [0.1, 0.15) is 0 Å². The van der Waals surface area contributed by atoms with Gasteiger partial charge in [-0.2, -0.15) is 5.10 Å². The van der Waals surface area contributed by atoms with Crippen molar-refractivity contribution in [3.05, 3.63) is 18.0 Å². The van der Waals surface area contributed by atoms with Gasteiger partial charge in [-0.25, -0.2) is 8.78 Å². The molecular formula is C10H15F2N3. The maximum absolute atomic E-state index is 12.9. The Morgan fingerprint density at radius 3 is 3.00 bits per heavy atom. The van der Waals surface area contributed by atoms with Crippen LogP contribution < -0.4 is 5.32 Å². The number of alkyl halides is 2.